The Bertz CT molecular complexity index is 576. The normalized spacial score (nSPS) is 12.2. The van der Waals surface area contributed by atoms with Crippen LogP contribution in [0.2, 0.25) is 0 Å². The van der Waals surface area contributed by atoms with Crippen molar-refractivity contribution >= 4 is 21.7 Å². The van der Waals surface area contributed by atoms with Gasteiger partial charge in [-0.2, -0.15) is 0 Å². The van der Waals surface area contributed by atoms with E-state index in [-0.39, 0.29) is 6.04 Å². The number of anilines is 1. The molecule has 0 fully saturated rings. The van der Waals surface area contributed by atoms with Crippen molar-refractivity contribution in [3.8, 4) is 5.75 Å². The van der Waals surface area contributed by atoms with Crippen LogP contribution in [-0.2, 0) is 0 Å². The number of nitrogens with two attached hydrogens (primary N) is 2. The number of hydrogen-bond acceptors (Lipinski definition) is 5. The number of pyridine rings is 1. The first-order valence-corrected chi connectivity index (χ1v) is 6.46. The molecule has 6 heteroatoms. The van der Waals surface area contributed by atoms with Crippen molar-refractivity contribution in [2.75, 3.05) is 12.8 Å². The van der Waals surface area contributed by atoms with Crippen LogP contribution in [-0.4, -0.2) is 12.1 Å². The molecule has 1 unspecified atom stereocenters. The van der Waals surface area contributed by atoms with Gasteiger partial charge in [-0.05, 0) is 39.7 Å². The van der Waals surface area contributed by atoms with Crippen LogP contribution in [0.25, 0.3) is 0 Å². The molecule has 0 bridgehead atoms. The maximum atomic E-state index is 5.89. The molecule has 0 aliphatic heterocycles. The van der Waals surface area contributed by atoms with Crippen LogP contribution >= 0.6 is 15.9 Å². The van der Waals surface area contributed by atoms with Gasteiger partial charge >= 0.3 is 0 Å². The van der Waals surface area contributed by atoms with Crippen molar-refractivity contribution < 1.29 is 4.74 Å². The van der Waals surface area contributed by atoms with E-state index in [4.69, 9.17) is 16.3 Å². The zero-order chi connectivity index (χ0) is 13.8. The summed E-state index contributed by atoms with van der Waals surface area (Å²) in [4.78, 5) is 4.08. The molecule has 0 amide bonds. The third-order valence-corrected chi connectivity index (χ3v) is 3.48. The second-order valence-electron chi connectivity index (χ2n) is 3.97. The number of rotatable bonds is 4. The van der Waals surface area contributed by atoms with Gasteiger partial charge in [-0.15, -0.1) is 0 Å². The van der Waals surface area contributed by atoms with Crippen LogP contribution in [0.3, 0.4) is 0 Å². The van der Waals surface area contributed by atoms with E-state index in [0.717, 1.165) is 21.3 Å². The predicted molar refractivity (Wildman–Crippen MR) is 78.5 cm³/mol. The Balaban J connectivity index is 2.43. The summed E-state index contributed by atoms with van der Waals surface area (Å²) in [7, 11) is 1.62. The number of aromatic nitrogens is 1. The van der Waals surface area contributed by atoms with Gasteiger partial charge in [0.15, 0.2) is 0 Å². The topological polar surface area (TPSA) is 86.2 Å². The molecule has 100 valence electrons. The highest BCUT2D eigenvalue weighted by molar-refractivity contribution is 9.10. The van der Waals surface area contributed by atoms with Gasteiger partial charge in [-0.1, -0.05) is 12.1 Å². The number of benzene rings is 1. The SMILES string of the molecule is COc1ccc(C(NN)c2cccnc2N)cc1Br. The number of nitrogens with zero attached hydrogens (tertiary/aromatic N) is 1. The van der Waals surface area contributed by atoms with E-state index < -0.39 is 0 Å². The van der Waals surface area contributed by atoms with Crippen molar-refractivity contribution in [3.63, 3.8) is 0 Å². The Morgan fingerprint density at radius 1 is 1.37 bits per heavy atom. The fourth-order valence-electron chi connectivity index (χ4n) is 1.90. The first-order chi connectivity index (χ1) is 9.17. The lowest BCUT2D eigenvalue weighted by atomic mass is 10.00. The Labute approximate surface area is 120 Å². The minimum Gasteiger partial charge on any atom is -0.496 e. The minimum atomic E-state index is -0.226. The summed E-state index contributed by atoms with van der Waals surface area (Å²) in [5.74, 6) is 6.87. The fourth-order valence-corrected chi connectivity index (χ4v) is 2.46. The number of nitrogens with one attached hydrogen (secondary N) is 1. The van der Waals surface area contributed by atoms with Gasteiger partial charge in [0.2, 0.25) is 0 Å². The molecule has 1 aromatic carbocycles. The van der Waals surface area contributed by atoms with Crippen molar-refractivity contribution in [1.82, 2.24) is 10.4 Å². The lowest BCUT2D eigenvalue weighted by Gasteiger charge is -2.19. The van der Waals surface area contributed by atoms with Crippen LogP contribution in [0.4, 0.5) is 5.82 Å². The second-order valence-corrected chi connectivity index (χ2v) is 4.83. The zero-order valence-electron chi connectivity index (χ0n) is 10.4. The molecular weight excluding hydrogens is 308 g/mol. The summed E-state index contributed by atoms with van der Waals surface area (Å²) in [6.45, 7) is 0. The summed E-state index contributed by atoms with van der Waals surface area (Å²) in [5.41, 5.74) is 10.4. The predicted octanol–water partition coefficient (Wildman–Crippen LogP) is 1.99. The summed E-state index contributed by atoms with van der Waals surface area (Å²) < 4.78 is 6.06. The fraction of sp³-hybridized carbons (Fsp3) is 0.154. The van der Waals surface area contributed by atoms with Gasteiger partial charge in [0, 0.05) is 11.8 Å². The van der Waals surface area contributed by atoms with E-state index in [2.05, 4.69) is 26.3 Å². The maximum Gasteiger partial charge on any atom is 0.133 e. The van der Waals surface area contributed by atoms with Crippen LogP contribution in [0.5, 0.6) is 5.75 Å². The van der Waals surface area contributed by atoms with E-state index in [1.165, 1.54) is 0 Å². The molecule has 2 rings (SSSR count). The smallest absolute Gasteiger partial charge is 0.133 e. The van der Waals surface area contributed by atoms with Crippen molar-refractivity contribution in [1.29, 1.82) is 0 Å². The molecule has 1 atom stereocenters. The Morgan fingerprint density at radius 3 is 2.74 bits per heavy atom. The molecular formula is C13H15BrN4O. The van der Waals surface area contributed by atoms with E-state index in [1.54, 1.807) is 13.3 Å². The van der Waals surface area contributed by atoms with Crippen LogP contribution in [0.15, 0.2) is 41.0 Å². The second kappa shape index (κ2) is 6.01. The number of methoxy groups -OCH3 is 1. The lowest BCUT2D eigenvalue weighted by molar-refractivity contribution is 0.412. The van der Waals surface area contributed by atoms with Crippen LogP contribution < -0.4 is 21.7 Å². The van der Waals surface area contributed by atoms with Crippen LogP contribution in [0.1, 0.15) is 17.2 Å². The standard InChI is InChI=1S/C13H15BrN4O/c1-19-11-5-4-8(7-10(11)14)12(18-16)9-3-2-6-17-13(9)15/h2-7,12,18H,16H2,1H3,(H2,15,17). The van der Waals surface area contributed by atoms with Crippen molar-refractivity contribution in [3.05, 3.63) is 52.1 Å². The van der Waals surface area contributed by atoms with Gasteiger partial charge in [-0.25, -0.2) is 10.4 Å². The van der Waals surface area contributed by atoms with E-state index in [1.807, 2.05) is 30.3 Å². The molecule has 0 radical (unpaired) electrons. The molecule has 5 nitrogen and oxygen atoms in total. The maximum absolute atomic E-state index is 5.89. The summed E-state index contributed by atoms with van der Waals surface area (Å²) in [6, 6.07) is 9.24. The largest absolute Gasteiger partial charge is 0.496 e. The number of hydrazine groups is 1. The first-order valence-electron chi connectivity index (χ1n) is 5.67. The molecule has 0 spiro atoms. The Hall–Kier alpha value is -1.63. The highest BCUT2D eigenvalue weighted by Crippen LogP contribution is 2.31. The summed E-state index contributed by atoms with van der Waals surface area (Å²) >= 11 is 3.46. The monoisotopic (exact) mass is 322 g/mol. The molecule has 0 aliphatic rings. The summed E-state index contributed by atoms with van der Waals surface area (Å²) in [6.07, 6.45) is 1.65. The molecule has 5 N–H and O–H groups in total. The van der Waals surface area contributed by atoms with Gasteiger partial charge < -0.3 is 10.5 Å². The molecule has 2 aromatic rings. The highest BCUT2D eigenvalue weighted by atomic mass is 79.9. The molecule has 1 aromatic heterocycles. The molecule has 0 saturated carbocycles. The molecule has 0 saturated heterocycles. The first kappa shape index (κ1) is 13.8. The van der Waals surface area contributed by atoms with Crippen LogP contribution in [0, 0.1) is 0 Å². The highest BCUT2D eigenvalue weighted by Gasteiger charge is 2.16. The Morgan fingerprint density at radius 2 is 2.16 bits per heavy atom. The average Bonchev–Trinajstić information content (AvgIpc) is 2.42. The van der Waals surface area contributed by atoms with E-state index in [0.29, 0.717) is 5.82 Å². The Kier molecular flexibility index (Phi) is 4.36. The van der Waals surface area contributed by atoms with E-state index >= 15 is 0 Å². The number of ether oxygens (including phenoxy) is 1. The van der Waals surface area contributed by atoms with Gasteiger partial charge in [-0.3, -0.25) is 5.84 Å². The quantitative estimate of drug-likeness (QED) is 0.592. The number of hydrogen-bond donors (Lipinski definition) is 3. The molecule has 0 aliphatic carbocycles. The third-order valence-electron chi connectivity index (χ3n) is 2.86. The minimum absolute atomic E-state index is 0.226. The number of halogens is 1. The van der Waals surface area contributed by atoms with Crippen molar-refractivity contribution in [2.45, 2.75) is 6.04 Å². The van der Waals surface area contributed by atoms with E-state index in [9.17, 15) is 0 Å². The third kappa shape index (κ3) is 2.86. The van der Waals surface area contributed by atoms with Crippen molar-refractivity contribution in [2.24, 2.45) is 5.84 Å². The zero-order valence-corrected chi connectivity index (χ0v) is 12.0. The molecule has 19 heavy (non-hydrogen) atoms. The average molecular weight is 323 g/mol. The number of nitrogen functional groups attached to an aromatic ring is 1. The van der Waals surface area contributed by atoms with Gasteiger partial charge in [0.05, 0.1) is 17.6 Å². The lowest BCUT2D eigenvalue weighted by Crippen LogP contribution is -2.29. The summed E-state index contributed by atoms with van der Waals surface area (Å²) in [5, 5.41) is 0. The van der Waals surface area contributed by atoms with Gasteiger partial charge in [0.25, 0.3) is 0 Å². The van der Waals surface area contributed by atoms with Gasteiger partial charge in [0.1, 0.15) is 11.6 Å². The molecule has 1 heterocycles.